The molecule has 0 bridgehead atoms. The minimum Gasteiger partial charge on any atom is -0.351 e. The van der Waals surface area contributed by atoms with Crippen molar-refractivity contribution in [1.82, 2.24) is 20.2 Å². The smallest absolute Gasteiger partial charge is 0.316 e. The Labute approximate surface area is 97.6 Å². The molecule has 0 aliphatic rings. The van der Waals surface area contributed by atoms with Crippen molar-refractivity contribution in [2.45, 2.75) is 13.5 Å². The fourth-order valence-electron chi connectivity index (χ4n) is 1.50. The highest BCUT2D eigenvalue weighted by atomic mass is 16.2. The molecule has 0 spiro atoms. The SMILES string of the molecule is CCn1nnnc1-c1cccc(NC(N)=O)c1. The summed E-state index contributed by atoms with van der Waals surface area (Å²) in [5, 5.41) is 13.9. The summed E-state index contributed by atoms with van der Waals surface area (Å²) in [7, 11) is 0. The highest BCUT2D eigenvalue weighted by molar-refractivity contribution is 5.88. The van der Waals surface area contributed by atoms with Crippen molar-refractivity contribution in [3.8, 4) is 11.4 Å². The van der Waals surface area contributed by atoms with Gasteiger partial charge in [0.15, 0.2) is 5.82 Å². The first-order valence-electron chi connectivity index (χ1n) is 5.13. The number of nitrogens with zero attached hydrogens (tertiary/aromatic N) is 4. The summed E-state index contributed by atoms with van der Waals surface area (Å²) >= 11 is 0. The number of rotatable bonds is 3. The molecule has 0 radical (unpaired) electrons. The molecule has 1 aromatic carbocycles. The van der Waals surface area contributed by atoms with E-state index in [1.165, 1.54) is 0 Å². The predicted molar refractivity (Wildman–Crippen MR) is 62.1 cm³/mol. The molecule has 7 heteroatoms. The molecule has 2 rings (SSSR count). The number of hydrogen-bond donors (Lipinski definition) is 2. The van der Waals surface area contributed by atoms with Gasteiger partial charge in [-0.05, 0) is 29.5 Å². The number of benzene rings is 1. The van der Waals surface area contributed by atoms with Crippen molar-refractivity contribution in [2.75, 3.05) is 5.32 Å². The van der Waals surface area contributed by atoms with E-state index in [9.17, 15) is 4.79 Å². The Morgan fingerprint density at radius 3 is 3.06 bits per heavy atom. The van der Waals surface area contributed by atoms with Crippen LogP contribution in [0.3, 0.4) is 0 Å². The summed E-state index contributed by atoms with van der Waals surface area (Å²) in [6.45, 7) is 2.63. The van der Waals surface area contributed by atoms with E-state index in [1.54, 1.807) is 22.9 Å². The minimum atomic E-state index is -0.600. The second kappa shape index (κ2) is 4.60. The molecule has 0 unspecified atom stereocenters. The average molecular weight is 232 g/mol. The number of amides is 2. The molecular formula is C10H12N6O. The molecule has 0 atom stereocenters. The van der Waals surface area contributed by atoms with E-state index in [0.29, 0.717) is 18.1 Å². The number of nitrogens with two attached hydrogens (primary N) is 1. The average Bonchev–Trinajstić information content (AvgIpc) is 2.76. The lowest BCUT2D eigenvalue weighted by atomic mass is 10.2. The number of aryl methyl sites for hydroxylation is 1. The summed E-state index contributed by atoms with van der Waals surface area (Å²) in [5.41, 5.74) is 6.49. The summed E-state index contributed by atoms with van der Waals surface area (Å²) in [5.74, 6) is 0.653. The van der Waals surface area contributed by atoms with Crippen molar-refractivity contribution >= 4 is 11.7 Å². The van der Waals surface area contributed by atoms with Gasteiger partial charge in [-0.25, -0.2) is 9.48 Å². The van der Waals surface area contributed by atoms with Crippen LogP contribution in [0, 0.1) is 0 Å². The first kappa shape index (κ1) is 11.1. The van der Waals surface area contributed by atoms with Gasteiger partial charge in [0.1, 0.15) is 0 Å². The van der Waals surface area contributed by atoms with Crippen LogP contribution in [0.1, 0.15) is 6.92 Å². The lowest BCUT2D eigenvalue weighted by Crippen LogP contribution is -2.19. The number of anilines is 1. The third-order valence-corrected chi connectivity index (χ3v) is 2.22. The maximum atomic E-state index is 10.8. The number of tetrazole rings is 1. The molecule has 0 aliphatic heterocycles. The molecule has 0 saturated carbocycles. The molecule has 0 aliphatic carbocycles. The maximum absolute atomic E-state index is 10.8. The summed E-state index contributed by atoms with van der Waals surface area (Å²) < 4.78 is 1.67. The fraction of sp³-hybridized carbons (Fsp3) is 0.200. The van der Waals surface area contributed by atoms with E-state index in [0.717, 1.165) is 5.56 Å². The summed E-state index contributed by atoms with van der Waals surface area (Å²) in [6, 6.07) is 6.58. The molecule has 88 valence electrons. The third-order valence-electron chi connectivity index (χ3n) is 2.22. The molecule has 0 fully saturated rings. The van der Waals surface area contributed by atoms with Gasteiger partial charge in [0.25, 0.3) is 0 Å². The Bertz CT molecular complexity index is 535. The van der Waals surface area contributed by atoms with Crippen LogP contribution in [0.2, 0.25) is 0 Å². The van der Waals surface area contributed by atoms with Crippen LogP contribution in [-0.4, -0.2) is 26.2 Å². The minimum absolute atomic E-state index is 0.600. The largest absolute Gasteiger partial charge is 0.351 e. The van der Waals surface area contributed by atoms with Gasteiger partial charge in [0.05, 0.1) is 0 Å². The summed E-state index contributed by atoms with van der Waals surface area (Å²) in [6.07, 6.45) is 0. The van der Waals surface area contributed by atoms with E-state index in [4.69, 9.17) is 5.73 Å². The van der Waals surface area contributed by atoms with Crippen molar-refractivity contribution in [3.05, 3.63) is 24.3 Å². The number of nitrogens with one attached hydrogen (secondary N) is 1. The van der Waals surface area contributed by atoms with E-state index in [-0.39, 0.29) is 0 Å². The second-order valence-corrected chi connectivity index (χ2v) is 3.39. The molecule has 2 aromatic rings. The fourth-order valence-corrected chi connectivity index (χ4v) is 1.50. The highest BCUT2D eigenvalue weighted by Gasteiger charge is 2.08. The Kier molecular flexibility index (Phi) is 2.99. The number of aromatic nitrogens is 4. The normalized spacial score (nSPS) is 10.2. The van der Waals surface area contributed by atoms with E-state index < -0.39 is 6.03 Å². The molecular weight excluding hydrogens is 220 g/mol. The monoisotopic (exact) mass is 232 g/mol. The number of primary amides is 1. The van der Waals surface area contributed by atoms with Gasteiger partial charge in [-0.3, -0.25) is 0 Å². The Balaban J connectivity index is 2.36. The van der Waals surface area contributed by atoms with Crippen LogP contribution < -0.4 is 11.1 Å². The number of hydrogen-bond acceptors (Lipinski definition) is 4. The van der Waals surface area contributed by atoms with Gasteiger partial charge < -0.3 is 11.1 Å². The molecule has 1 aromatic heterocycles. The van der Waals surface area contributed by atoms with Gasteiger partial charge in [0, 0.05) is 17.8 Å². The Morgan fingerprint density at radius 1 is 1.53 bits per heavy atom. The second-order valence-electron chi connectivity index (χ2n) is 3.39. The zero-order valence-electron chi connectivity index (χ0n) is 9.29. The Morgan fingerprint density at radius 2 is 2.35 bits per heavy atom. The van der Waals surface area contributed by atoms with Crippen molar-refractivity contribution < 1.29 is 4.79 Å². The van der Waals surface area contributed by atoms with Gasteiger partial charge in [0.2, 0.25) is 0 Å². The molecule has 7 nitrogen and oxygen atoms in total. The lowest BCUT2D eigenvalue weighted by molar-refractivity contribution is 0.259. The highest BCUT2D eigenvalue weighted by Crippen LogP contribution is 2.19. The first-order chi connectivity index (χ1) is 8.20. The molecule has 0 saturated heterocycles. The van der Waals surface area contributed by atoms with Crippen LogP contribution in [0.15, 0.2) is 24.3 Å². The molecule has 17 heavy (non-hydrogen) atoms. The molecule has 3 N–H and O–H groups in total. The number of carbonyl (C=O) groups is 1. The topological polar surface area (TPSA) is 98.7 Å². The quantitative estimate of drug-likeness (QED) is 0.819. The third kappa shape index (κ3) is 2.39. The van der Waals surface area contributed by atoms with E-state index >= 15 is 0 Å². The zero-order chi connectivity index (χ0) is 12.3. The Hall–Kier alpha value is -2.44. The van der Waals surface area contributed by atoms with Gasteiger partial charge in [-0.15, -0.1) is 5.10 Å². The van der Waals surface area contributed by atoms with Crippen LogP contribution in [0.25, 0.3) is 11.4 Å². The van der Waals surface area contributed by atoms with Crippen molar-refractivity contribution in [3.63, 3.8) is 0 Å². The maximum Gasteiger partial charge on any atom is 0.316 e. The predicted octanol–water partition coefficient (Wildman–Crippen LogP) is 0.851. The standard InChI is InChI=1S/C10H12N6O/c1-2-16-9(13-14-15-16)7-4-3-5-8(6-7)12-10(11)17/h3-6H,2H2,1H3,(H3,11,12,17). The van der Waals surface area contributed by atoms with Crippen LogP contribution in [-0.2, 0) is 6.54 Å². The molecule has 1 heterocycles. The van der Waals surface area contributed by atoms with E-state index in [1.807, 2.05) is 13.0 Å². The number of carbonyl (C=O) groups excluding carboxylic acids is 1. The van der Waals surface area contributed by atoms with E-state index in [2.05, 4.69) is 20.8 Å². The lowest BCUT2D eigenvalue weighted by Gasteiger charge is -2.05. The zero-order valence-corrected chi connectivity index (χ0v) is 9.29. The summed E-state index contributed by atoms with van der Waals surface area (Å²) in [4.78, 5) is 10.8. The van der Waals surface area contributed by atoms with Gasteiger partial charge in [-0.1, -0.05) is 12.1 Å². The first-order valence-corrected chi connectivity index (χ1v) is 5.13. The van der Waals surface area contributed by atoms with Gasteiger partial charge >= 0.3 is 6.03 Å². The van der Waals surface area contributed by atoms with Crippen LogP contribution in [0.4, 0.5) is 10.5 Å². The van der Waals surface area contributed by atoms with Gasteiger partial charge in [-0.2, -0.15) is 0 Å². The van der Waals surface area contributed by atoms with Crippen LogP contribution in [0.5, 0.6) is 0 Å². The van der Waals surface area contributed by atoms with Crippen LogP contribution >= 0.6 is 0 Å². The molecule has 2 amide bonds. The van der Waals surface area contributed by atoms with Crippen molar-refractivity contribution in [2.24, 2.45) is 5.73 Å². The number of urea groups is 1. The van der Waals surface area contributed by atoms with Crippen molar-refractivity contribution in [1.29, 1.82) is 0 Å².